The second-order valence-corrected chi connectivity index (χ2v) is 3.98. The van der Waals surface area contributed by atoms with E-state index in [1.54, 1.807) is 0 Å². The van der Waals surface area contributed by atoms with Crippen molar-refractivity contribution in [2.75, 3.05) is 11.4 Å². The van der Waals surface area contributed by atoms with E-state index in [9.17, 15) is 4.79 Å². The molecule has 1 aromatic rings. The molecular formula is C12H16N2O. The second kappa shape index (κ2) is 4.03. The summed E-state index contributed by atoms with van der Waals surface area (Å²) < 4.78 is 0. The third-order valence-corrected chi connectivity index (χ3v) is 2.87. The Balaban J connectivity index is 2.22. The standard InChI is InChI=1S/C12H16N2O/c1-2-10(13)8-14-11-6-4-3-5-9(11)7-12(14)15/h3-6,10H,2,7-8,13H2,1H3. The van der Waals surface area contributed by atoms with E-state index < -0.39 is 0 Å². The van der Waals surface area contributed by atoms with E-state index in [4.69, 9.17) is 5.73 Å². The molecule has 0 aliphatic carbocycles. The fraction of sp³-hybridized carbons (Fsp3) is 0.417. The zero-order valence-corrected chi connectivity index (χ0v) is 8.94. The summed E-state index contributed by atoms with van der Waals surface area (Å²) in [6.07, 6.45) is 1.42. The van der Waals surface area contributed by atoms with Crippen molar-refractivity contribution >= 4 is 11.6 Å². The fourth-order valence-corrected chi connectivity index (χ4v) is 1.88. The van der Waals surface area contributed by atoms with E-state index in [1.165, 1.54) is 0 Å². The van der Waals surface area contributed by atoms with E-state index in [0.717, 1.165) is 17.7 Å². The third-order valence-electron chi connectivity index (χ3n) is 2.87. The quantitative estimate of drug-likeness (QED) is 0.807. The molecule has 2 rings (SSSR count). The highest BCUT2D eigenvalue weighted by atomic mass is 16.2. The average Bonchev–Trinajstić information content (AvgIpc) is 2.55. The van der Waals surface area contributed by atoms with Crippen molar-refractivity contribution in [1.29, 1.82) is 0 Å². The summed E-state index contributed by atoms with van der Waals surface area (Å²) in [5.41, 5.74) is 8.03. The van der Waals surface area contributed by atoms with Crippen molar-refractivity contribution in [2.24, 2.45) is 5.73 Å². The molecular weight excluding hydrogens is 188 g/mol. The van der Waals surface area contributed by atoms with E-state index in [1.807, 2.05) is 36.1 Å². The van der Waals surface area contributed by atoms with Crippen LogP contribution in [0.3, 0.4) is 0 Å². The van der Waals surface area contributed by atoms with Gasteiger partial charge in [0.15, 0.2) is 0 Å². The smallest absolute Gasteiger partial charge is 0.231 e. The van der Waals surface area contributed by atoms with Crippen molar-refractivity contribution in [2.45, 2.75) is 25.8 Å². The van der Waals surface area contributed by atoms with Gasteiger partial charge in [-0.1, -0.05) is 25.1 Å². The van der Waals surface area contributed by atoms with Crippen molar-refractivity contribution in [3.05, 3.63) is 29.8 Å². The molecule has 1 atom stereocenters. The lowest BCUT2D eigenvalue weighted by Gasteiger charge is -2.20. The van der Waals surface area contributed by atoms with E-state index in [0.29, 0.717) is 13.0 Å². The molecule has 0 aromatic heterocycles. The molecule has 1 aromatic carbocycles. The van der Waals surface area contributed by atoms with Crippen molar-refractivity contribution < 1.29 is 4.79 Å². The van der Waals surface area contributed by atoms with E-state index in [-0.39, 0.29) is 11.9 Å². The Morgan fingerprint density at radius 2 is 2.20 bits per heavy atom. The van der Waals surface area contributed by atoms with Crippen LogP contribution in [0.15, 0.2) is 24.3 Å². The third kappa shape index (κ3) is 1.88. The molecule has 1 heterocycles. The van der Waals surface area contributed by atoms with Gasteiger partial charge in [-0.05, 0) is 18.1 Å². The molecule has 0 saturated carbocycles. The lowest BCUT2D eigenvalue weighted by molar-refractivity contribution is -0.117. The van der Waals surface area contributed by atoms with Gasteiger partial charge in [0.1, 0.15) is 0 Å². The molecule has 0 spiro atoms. The van der Waals surface area contributed by atoms with E-state index >= 15 is 0 Å². The molecule has 15 heavy (non-hydrogen) atoms. The molecule has 1 amide bonds. The Labute approximate surface area is 89.9 Å². The SMILES string of the molecule is CCC(N)CN1C(=O)Cc2ccccc21. The van der Waals surface area contributed by atoms with Crippen molar-refractivity contribution in [3.63, 3.8) is 0 Å². The zero-order chi connectivity index (χ0) is 10.8. The summed E-state index contributed by atoms with van der Waals surface area (Å²) in [5.74, 6) is 0.167. The number of rotatable bonds is 3. The Kier molecular flexibility index (Phi) is 2.73. The van der Waals surface area contributed by atoms with Gasteiger partial charge in [-0.15, -0.1) is 0 Å². The number of benzene rings is 1. The molecule has 1 aliphatic heterocycles. The normalized spacial score (nSPS) is 16.7. The van der Waals surface area contributed by atoms with Gasteiger partial charge in [0.2, 0.25) is 5.91 Å². The molecule has 80 valence electrons. The number of nitrogens with zero attached hydrogens (tertiary/aromatic N) is 1. The van der Waals surface area contributed by atoms with Gasteiger partial charge in [-0.25, -0.2) is 0 Å². The number of carbonyl (C=O) groups excluding carboxylic acids is 1. The average molecular weight is 204 g/mol. The largest absolute Gasteiger partial charge is 0.326 e. The number of para-hydroxylation sites is 1. The predicted octanol–water partition coefficient (Wildman–Crippen LogP) is 1.31. The number of carbonyl (C=O) groups is 1. The van der Waals surface area contributed by atoms with Gasteiger partial charge in [-0.3, -0.25) is 4.79 Å². The highest BCUT2D eigenvalue weighted by Gasteiger charge is 2.27. The predicted molar refractivity (Wildman–Crippen MR) is 60.8 cm³/mol. The van der Waals surface area contributed by atoms with Crippen LogP contribution >= 0.6 is 0 Å². The summed E-state index contributed by atoms with van der Waals surface area (Å²) >= 11 is 0. The van der Waals surface area contributed by atoms with Crippen LogP contribution in [-0.4, -0.2) is 18.5 Å². The molecule has 0 radical (unpaired) electrons. The number of hydrogen-bond donors (Lipinski definition) is 1. The van der Waals surface area contributed by atoms with Crippen LogP contribution in [0.4, 0.5) is 5.69 Å². The Morgan fingerprint density at radius 1 is 1.47 bits per heavy atom. The first-order chi connectivity index (χ1) is 7.22. The first-order valence-corrected chi connectivity index (χ1v) is 5.36. The first-order valence-electron chi connectivity index (χ1n) is 5.36. The summed E-state index contributed by atoms with van der Waals surface area (Å²) in [6.45, 7) is 2.67. The summed E-state index contributed by atoms with van der Waals surface area (Å²) in [7, 11) is 0. The Morgan fingerprint density at radius 3 is 2.93 bits per heavy atom. The van der Waals surface area contributed by atoms with Crippen LogP contribution in [0.25, 0.3) is 0 Å². The maximum atomic E-state index is 11.8. The van der Waals surface area contributed by atoms with Gasteiger partial charge in [0.05, 0.1) is 6.42 Å². The molecule has 3 nitrogen and oxygen atoms in total. The van der Waals surface area contributed by atoms with Crippen molar-refractivity contribution in [3.8, 4) is 0 Å². The highest BCUT2D eigenvalue weighted by molar-refractivity contribution is 6.01. The number of fused-ring (bicyclic) bond motifs is 1. The van der Waals surface area contributed by atoms with Crippen LogP contribution in [0.2, 0.25) is 0 Å². The molecule has 0 bridgehead atoms. The molecule has 2 N–H and O–H groups in total. The monoisotopic (exact) mass is 204 g/mol. The lowest BCUT2D eigenvalue weighted by atomic mass is 10.2. The summed E-state index contributed by atoms with van der Waals surface area (Å²) in [6, 6.07) is 7.99. The van der Waals surface area contributed by atoms with Crippen LogP contribution in [0, 0.1) is 0 Å². The number of anilines is 1. The molecule has 0 fully saturated rings. The second-order valence-electron chi connectivity index (χ2n) is 3.98. The highest BCUT2D eigenvalue weighted by Crippen LogP contribution is 2.28. The Bertz CT molecular complexity index is 376. The minimum Gasteiger partial charge on any atom is -0.326 e. The lowest BCUT2D eigenvalue weighted by Crippen LogP contribution is -2.38. The minimum absolute atomic E-state index is 0.0695. The van der Waals surface area contributed by atoms with Crippen LogP contribution in [-0.2, 0) is 11.2 Å². The number of hydrogen-bond acceptors (Lipinski definition) is 2. The number of nitrogens with two attached hydrogens (primary N) is 1. The maximum Gasteiger partial charge on any atom is 0.231 e. The van der Waals surface area contributed by atoms with Gasteiger partial charge >= 0.3 is 0 Å². The van der Waals surface area contributed by atoms with Gasteiger partial charge in [0.25, 0.3) is 0 Å². The van der Waals surface area contributed by atoms with Crippen LogP contribution < -0.4 is 10.6 Å². The Hall–Kier alpha value is -1.35. The van der Waals surface area contributed by atoms with Gasteiger partial charge < -0.3 is 10.6 Å². The topological polar surface area (TPSA) is 46.3 Å². The molecule has 0 saturated heterocycles. The number of amides is 1. The van der Waals surface area contributed by atoms with Crippen LogP contribution in [0.1, 0.15) is 18.9 Å². The minimum atomic E-state index is 0.0695. The van der Waals surface area contributed by atoms with Gasteiger partial charge in [-0.2, -0.15) is 0 Å². The van der Waals surface area contributed by atoms with Gasteiger partial charge in [0, 0.05) is 18.3 Å². The van der Waals surface area contributed by atoms with Crippen LogP contribution in [0.5, 0.6) is 0 Å². The summed E-state index contributed by atoms with van der Waals surface area (Å²) in [5, 5.41) is 0. The summed E-state index contributed by atoms with van der Waals surface area (Å²) in [4.78, 5) is 13.6. The molecule has 1 unspecified atom stereocenters. The van der Waals surface area contributed by atoms with E-state index in [2.05, 4.69) is 0 Å². The molecule has 1 aliphatic rings. The fourth-order valence-electron chi connectivity index (χ4n) is 1.88. The zero-order valence-electron chi connectivity index (χ0n) is 8.94. The first kappa shape index (κ1) is 10.2. The molecule has 3 heteroatoms. The maximum absolute atomic E-state index is 11.8. The van der Waals surface area contributed by atoms with Crippen molar-refractivity contribution in [1.82, 2.24) is 0 Å².